The molecule has 0 bridgehead atoms. The first-order chi connectivity index (χ1) is 12.4. The second kappa shape index (κ2) is 7.80. The summed E-state index contributed by atoms with van der Waals surface area (Å²) in [5, 5.41) is 1.99. The van der Waals surface area contributed by atoms with Gasteiger partial charge in [-0.1, -0.05) is 6.07 Å². The van der Waals surface area contributed by atoms with Gasteiger partial charge in [0, 0.05) is 16.5 Å². The summed E-state index contributed by atoms with van der Waals surface area (Å²) < 4.78 is 29.4. The van der Waals surface area contributed by atoms with Gasteiger partial charge in [-0.2, -0.15) is 0 Å². The standard InChI is InChI=1S/C19H23NO4S2/c1-3-24-17-6-4-5-15(11-17)19(21)20(12-18-14(2)7-9-25-18)16-8-10-26(22,23)13-16/h4-7,9,11,16H,3,8,10,12-13H2,1-2H3/t16-/m1/s1. The van der Waals surface area contributed by atoms with Crippen LogP contribution in [0.3, 0.4) is 0 Å². The lowest BCUT2D eigenvalue weighted by atomic mass is 10.1. The third-order valence-electron chi connectivity index (χ3n) is 4.58. The Labute approximate surface area is 158 Å². The van der Waals surface area contributed by atoms with Crippen LogP contribution in [0.4, 0.5) is 0 Å². The van der Waals surface area contributed by atoms with E-state index in [4.69, 9.17) is 4.74 Å². The van der Waals surface area contributed by atoms with Gasteiger partial charge < -0.3 is 9.64 Å². The number of benzene rings is 1. The topological polar surface area (TPSA) is 63.7 Å². The van der Waals surface area contributed by atoms with E-state index < -0.39 is 9.84 Å². The molecule has 1 aliphatic heterocycles. The molecule has 1 fully saturated rings. The van der Waals surface area contributed by atoms with Crippen LogP contribution in [0, 0.1) is 6.92 Å². The smallest absolute Gasteiger partial charge is 0.254 e. The molecule has 0 radical (unpaired) electrons. The molecular weight excluding hydrogens is 370 g/mol. The van der Waals surface area contributed by atoms with E-state index in [-0.39, 0.29) is 23.5 Å². The number of hydrogen-bond acceptors (Lipinski definition) is 5. The van der Waals surface area contributed by atoms with Gasteiger partial charge in [-0.15, -0.1) is 11.3 Å². The molecule has 7 heteroatoms. The van der Waals surface area contributed by atoms with Crippen LogP contribution in [0.15, 0.2) is 35.7 Å². The summed E-state index contributed by atoms with van der Waals surface area (Å²) in [6, 6.07) is 8.81. The molecule has 2 heterocycles. The second-order valence-electron chi connectivity index (χ2n) is 6.48. The zero-order chi connectivity index (χ0) is 18.7. The molecule has 1 aliphatic rings. The van der Waals surface area contributed by atoms with Gasteiger partial charge in [-0.25, -0.2) is 8.42 Å². The van der Waals surface area contributed by atoms with Gasteiger partial charge in [0.1, 0.15) is 5.75 Å². The molecule has 1 amide bonds. The van der Waals surface area contributed by atoms with E-state index in [1.807, 2.05) is 31.4 Å². The van der Waals surface area contributed by atoms with Crippen molar-refractivity contribution >= 4 is 27.1 Å². The molecule has 2 aromatic rings. The highest BCUT2D eigenvalue weighted by molar-refractivity contribution is 7.91. The lowest BCUT2D eigenvalue weighted by molar-refractivity contribution is 0.0682. The summed E-state index contributed by atoms with van der Waals surface area (Å²) >= 11 is 1.59. The van der Waals surface area contributed by atoms with E-state index in [0.29, 0.717) is 30.9 Å². The highest BCUT2D eigenvalue weighted by atomic mass is 32.2. The zero-order valence-corrected chi connectivity index (χ0v) is 16.6. The van der Waals surface area contributed by atoms with Gasteiger partial charge in [-0.3, -0.25) is 4.79 Å². The molecular formula is C19H23NO4S2. The summed E-state index contributed by atoms with van der Waals surface area (Å²) in [6.07, 6.45) is 0.490. The minimum Gasteiger partial charge on any atom is -0.494 e. The van der Waals surface area contributed by atoms with Crippen molar-refractivity contribution in [3.8, 4) is 5.75 Å². The highest BCUT2D eigenvalue weighted by Gasteiger charge is 2.35. The number of hydrogen-bond donors (Lipinski definition) is 0. The molecule has 140 valence electrons. The second-order valence-corrected chi connectivity index (χ2v) is 9.71. The van der Waals surface area contributed by atoms with Crippen LogP contribution in [-0.2, 0) is 16.4 Å². The third-order valence-corrected chi connectivity index (χ3v) is 7.34. The van der Waals surface area contributed by atoms with Crippen LogP contribution in [-0.4, -0.2) is 43.4 Å². The Kier molecular flexibility index (Phi) is 5.67. The van der Waals surface area contributed by atoms with Gasteiger partial charge in [0.15, 0.2) is 9.84 Å². The predicted molar refractivity (Wildman–Crippen MR) is 104 cm³/mol. The fourth-order valence-electron chi connectivity index (χ4n) is 3.16. The molecule has 1 aromatic carbocycles. The van der Waals surface area contributed by atoms with Crippen LogP contribution in [0.25, 0.3) is 0 Å². The number of amides is 1. The SMILES string of the molecule is CCOc1cccc(C(=O)N(Cc2sccc2C)[C@@H]2CCS(=O)(=O)C2)c1. The van der Waals surface area contributed by atoms with Crippen molar-refractivity contribution in [2.45, 2.75) is 32.9 Å². The Morgan fingerprint density at radius 1 is 1.35 bits per heavy atom. The van der Waals surface area contributed by atoms with E-state index in [0.717, 1.165) is 10.4 Å². The largest absolute Gasteiger partial charge is 0.494 e. The van der Waals surface area contributed by atoms with Crippen molar-refractivity contribution in [1.29, 1.82) is 0 Å². The van der Waals surface area contributed by atoms with Crippen LogP contribution in [0.1, 0.15) is 34.1 Å². The molecule has 3 rings (SSSR count). The highest BCUT2D eigenvalue weighted by Crippen LogP contribution is 2.26. The lowest BCUT2D eigenvalue weighted by Gasteiger charge is -2.28. The van der Waals surface area contributed by atoms with Crippen LogP contribution < -0.4 is 4.74 Å². The Bertz CT molecular complexity index is 888. The molecule has 0 saturated carbocycles. The number of sulfone groups is 1. The summed E-state index contributed by atoms with van der Waals surface area (Å²) in [5.41, 5.74) is 1.64. The van der Waals surface area contributed by atoms with Crippen molar-refractivity contribution < 1.29 is 17.9 Å². The minimum atomic E-state index is -3.08. The van der Waals surface area contributed by atoms with Gasteiger partial charge in [-0.05, 0) is 55.5 Å². The molecule has 0 unspecified atom stereocenters. The molecule has 0 spiro atoms. The van der Waals surface area contributed by atoms with E-state index in [9.17, 15) is 13.2 Å². The monoisotopic (exact) mass is 393 g/mol. The Morgan fingerprint density at radius 3 is 2.77 bits per heavy atom. The normalized spacial score (nSPS) is 18.6. The molecule has 5 nitrogen and oxygen atoms in total. The van der Waals surface area contributed by atoms with Crippen LogP contribution >= 0.6 is 11.3 Å². The summed E-state index contributed by atoms with van der Waals surface area (Å²) in [5.74, 6) is 0.670. The van der Waals surface area contributed by atoms with E-state index >= 15 is 0 Å². The van der Waals surface area contributed by atoms with Crippen LogP contribution in [0.5, 0.6) is 5.75 Å². The Morgan fingerprint density at radius 2 is 2.15 bits per heavy atom. The van der Waals surface area contributed by atoms with Crippen molar-refractivity contribution in [2.75, 3.05) is 18.1 Å². The molecule has 0 aliphatic carbocycles. The molecule has 1 saturated heterocycles. The maximum absolute atomic E-state index is 13.2. The molecule has 1 aromatic heterocycles. The number of carbonyl (C=O) groups is 1. The van der Waals surface area contributed by atoms with E-state index in [1.165, 1.54) is 0 Å². The first-order valence-electron chi connectivity index (χ1n) is 8.67. The average molecular weight is 394 g/mol. The van der Waals surface area contributed by atoms with Crippen molar-refractivity contribution in [3.05, 3.63) is 51.7 Å². The summed E-state index contributed by atoms with van der Waals surface area (Å²) in [7, 11) is -3.08. The quantitative estimate of drug-likeness (QED) is 0.755. The fraction of sp³-hybridized carbons (Fsp3) is 0.421. The minimum absolute atomic E-state index is 0.0360. The molecule has 0 N–H and O–H groups in total. The molecule has 1 atom stereocenters. The Hall–Kier alpha value is -1.86. The maximum atomic E-state index is 13.2. The predicted octanol–water partition coefficient (Wildman–Crippen LogP) is 3.28. The van der Waals surface area contributed by atoms with Gasteiger partial charge in [0.05, 0.1) is 24.7 Å². The number of nitrogens with zero attached hydrogens (tertiary/aromatic N) is 1. The first-order valence-corrected chi connectivity index (χ1v) is 11.4. The fourth-order valence-corrected chi connectivity index (χ4v) is 5.79. The molecule has 26 heavy (non-hydrogen) atoms. The van der Waals surface area contributed by atoms with Crippen LogP contribution in [0.2, 0.25) is 0 Å². The number of ether oxygens (including phenoxy) is 1. The van der Waals surface area contributed by atoms with Gasteiger partial charge in [0.2, 0.25) is 0 Å². The summed E-state index contributed by atoms with van der Waals surface area (Å²) in [4.78, 5) is 16.0. The third kappa shape index (κ3) is 4.27. The lowest BCUT2D eigenvalue weighted by Crippen LogP contribution is -2.40. The summed E-state index contributed by atoms with van der Waals surface area (Å²) in [6.45, 7) is 4.86. The van der Waals surface area contributed by atoms with E-state index in [2.05, 4.69) is 0 Å². The van der Waals surface area contributed by atoms with Gasteiger partial charge in [0.25, 0.3) is 5.91 Å². The maximum Gasteiger partial charge on any atom is 0.254 e. The number of rotatable bonds is 6. The van der Waals surface area contributed by atoms with Crippen molar-refractivity contribution in [1.82, 2.24) is 4.90 Å². The van der Waals surface area contributed by atoms with Crippen molar-refractivity contribution in [2.24, 2.45) is 0 Å². The zero-order valence-electron chi connectivity index (χ0n) is 15.0. The average Bonchev–Trinajstić information content (AvgIpc) is 3.17. The van der Waals surface area contributed by atoms with Gasteiger partial charge >= 0.3 is 0 Å². The first kappa shape index (κ1) is 18.9. The number of aryl methyl sites for hydroxylation is 1. The Balaban J connectivity index is 1.90. The van der Waals surface area contributed by atoms with Crippen molar-refractivity contribution in [3.63, 3.8) is 0 Å². The number of carbonyl (C=O) groups excluding carboxylic acids is 1. The number of thiophene rings is 1. The van der Waals surface area contributed by atoms with E-state index in [1.54, 1.807) is 34.4 Å².